The van der Waals surface area contributed by atoms with Gasteiger partial charge in [0.05, 0.1) is 4.90 Å². The number of hydrogen-bond acceptors (Lipinski definition) is 5. The van der Waals surface area contributed by atoms with Gasteiger partial charge >= 0.3 is 6.03 Å². The minimum Gasteiger partial charge on any atom is -0.324 e. The van der Waals surface area contributed by atoms with Crippen molar-refractivity contribution in [3.05, 3.63) is 24.3 Å². The van der Waals surface area contributed by atoms with Crippen LogP contribution in [0.3, 0.4) is 0 Å². The Hall–Kier alpha value is -2.46. The highest BCUT2D eigenvalue weighted by Crippen LogP contribution is 2.37. The van der Waals surface area contributed by atoms with Crippen LogP contribution in [0, 0.1) is 5.92 Å². The van der Waals surface area contributed by atoms with Gasteiger partial charge in [0.25, 0.3) is 5.91 Å². The van der Waals surface area contributed by atoms with Gasteiger partial charge in [0, 0.05) is 18.8 Å². The van der Waals surface area contributed by atoms with Crippen molar-refractivity contribution >= 4 is 33.6 Å². The van der Waals surface area contributed by atoms with Crippen LogP contribution in [-0.4, -0.2) is 60.6 Å². The molecule has 186 valence electrons. The summed E-state index contributed by atoms with van der Waals surface area (Å²) in [6.07, 6.45) is 7.69. The first kappa shape index (κ1) is 24.7. The first-order chi connectivity index (χ1) is 16.2. The molecule has 10 heteroatoms. The van der Waals surface area contributed by atoms with E-state index in [9.17, 15) is 22.8 Å². The summed E-state index contributed by atoms with van der Waals surface area (Å²) in [5, 5.41) is 5.48. The van der Waals surface area contributed by atoms with E-state index in [1.807, 2.05) is 0 Å². The molecule has 0 aromatic heterocycles. The fourth-order valence-corrected chi connectivity index (χ4v) is 6.81. The van der Waals surface area contributed by atoms with Crippen LogP contribution < -0.4 is 10.6 Å². The number of amides is 4. The number of anilines is 1. The van der Waals surface area contributed by atoms with Crippen LogP contribution in [0.5, 0.6) is 0 Å². The number of nitrogens with one attached hydrogen (secondary N) is 2. The number of carbonyl (C=O) groups excluding carboxylic acids is 3. The fraction of sp³-hybridized carbons (Fsp3) is 0.625. The maximum Gasteiger partial charge on any atom is 0.325 e. The van der Waals surface area contributed by atoms with Crippen molar-refractivity contribution in [3.8, 4) is 0 Å². The van der Waals surface area contributed by atoms with Gasteiger partial charge in [-0.3, -0.25) is 14.5 Å². The van der Waals surface area contributed by atoms with E-state index in [0.29, 0.717) is 37.5 Å². The average Bonchev–Trinajstić information content (AvgIpc) is 3.03. The van der Waals surface area contributed by atoms with Gasteiger partial charge < -0.3 is 10.6 Å². The third-order valence-corrected chi connectivity index (χ3v) is 9.30. The zero-order valence-electron chi connectivity index (χ0n) is 19.7. The van der Waals surface area contributed by atoms with E-state index in [0.717, 1.165) is 49.8 Å². The molecule has 0 radical (unpaired) electrons. The molecule has 1 saturated carbocycles. The zero-order chi connectivity index (χ0) is 24.3. The lowest BCUT2D eigenvalue weighted by Crippen LogP contribution is -2.49. The van der Waals surface area contributed by atoms with Crippen LogP contribution in [0.4, 0.5) is 10.5 Å². The van der Waals surface area contributed by atoms with E-state index in [1.54, 1.807) is 12.1 Å². The number of benzene rings is 1. The Morgan fingerprint density at radius 1 is 1.12 bits per heavy atom. The lowest BCUT2D eigenvalue weighted by molar-refractivity contribution is -0.135. The van der Waals surface area contributed by atoms with Crippen LogP contribution in [-0.2, 0) is 19.6 Å². The molecule has 1 spiro atoms. The van der Waals surface area contributed by atoms with Crippen LogP contribution in [0.15, 0.2) is 29.2 Å². The molecular weight excluding hydrogens is 456 g/mol. The van der Waals surface area contributed by atoms with E-state index < -0.39 is 34.0 Å². The van der Waals surface area contributed by atoms with Gasteiger partial charge in [-0.1, -0.05) is 32.3 Å². The van der Waals surface area contributed by atoms with Gasteiger partial charge in [-0.05, 0) is 62.6 Å². The molecule has 9 nitrogen and oxygen atoms in total. The maximum atomic E-state index is 13.1. The topological polar surface area (TPSA) is 116 Å². The SMILES string of the molecule is CCC1CCC2(CC1)NC(=O)N(CC(=O)Nc1cccc(S(=O)(=O)N3CCCCCC3)c1)C2=O. The van der Waals surface area contributed by atoms with Gasteiger partial charge in [0.1, 0.15) is 12.1 Å². The summed E-state index contributed by atoms with van der Waals surface area (Å²) in [7, 11) is -3.66. The molecule has 3 fully saturated rings. The molecule has 34 heavy (non-hydrogen) atoms. The van der Waals surface area contributed by atoms with Crippen LogP contribution >= 0.6 is 0 Å². The smallest absolute Gasteiger partial charge is 0.324 e. The van der Waals surface area contributed by atoms with Gasteiger partial charge in [0.2, 0.25) is 15.9 Å². The van der Waals surface area contributed by atoms with E-state index in [-0.39, 0.29) is 10.8 Å². The highest BCUT2D eigenvalue weighted by molar-refractivity contribution is 7.89. The van der Waals surface area contributed by atoms with Crippen molar-refractivity contribution < 1.29 is 22.8 Å². The average molecular weight is 491 g/mol. The van der Waals surface area contributed by atoms with Gasteiger partial charge in [-0.15, -0.1) is 0 Å². The van der Waals surface area contributed by atoms with Crippen molar-refractivity contribution in [3.63, 3.8) is 0 Å². The Morgan fingerprint density at radius 2 is 1.79 bits per heavy atom. The predicted molar refractivity (Wildman–Crippen MR) is 128 cm³/mol. The summed E-state index contributed by atoms with van der Waals surface area (Å²) >= 11 is 0. The Balaban J connectivity index is 1.41. The van der Waals surface area contributed by atoms with Crippen molar-refractivity contribution in [2.75, 3.05) is 25.0 Å². The first-order valence-corrected chi connectivity index (χ1v) is 13.7. The second kappa shape index (κ2) is 10.0. The quantitative estimate of drug-likeness (QED) is 0.595. The summed E-state index contributed by atoms with van der Waals surface area (Å²) in [6, 6.07) is 5.57. The number of carbonyl (C=O) groups is 3. The minimum absolute atomic E-state index is 0.119. The Kier molecular flexibility index (Phi) is 7.28. The molecule has 0 atom stereocenters. The number of rotatable bonds is 6. The molecule has 4 rings (SSSR count). The fourth-order valence-electron chi connectivity index (χ4n) is 5.25. The largest absolute Gasteiger partial charge is 0.325 e. The summed E-state index contributed by atoms with van der Waals surface area (Å²) in [5.74, 6) is -0.336. The number of sulfonamides is 1. The standard InChI is InChI=1S/C24H34N4O5S/c1-2-18-10-12-24(13-11-18)22(30)28(23(31)26-24)17-21(29)25-19-8-7-9-20(16-19)34(32,33)27-14-5-3-4-6-15-27/h7-9,16,18H,2-6,10-15,17H2,1H3,(H,25,29)(H,26,31). The van der Waals surface area contributed by atoms with Crippen LogP contribution in [0.1, 0.15) is 64.7 Å². The number of hydrogen-bond donors (Lipinski definition) is 2. The minimum atomic E-state index is -3.66. The van der Waals surface area contributed by atoms with Gasteiger partial charge in [-0.25, -0.2) is 13.2 Å². The zero-order valence-corrected chi connectivity index (χ0v) is 20.5. The molecule has 2 saturated heterocycles. The van der Waals surface area contributed by atoms with Gasteiger partial charge in [-0.2, -0.15) is 4.31 Å². The normalized spacial score (nSPS) is 26.4. The third kappa shape index (κ3) is 4.98. The Bertz CT molecular complexity index is 1040. The van der Waals surface area contributed by atoms with Crippen LogP contribution in [0.2, 0.25) is 0 Å². The number of urea groups is 1. The van der Waals surface area contributed by atoms with E-state index in [1.165, 1.54) is 16.4 Å². The van der Waals surface area contributed by atoms with Crippen molar-refractivity contribution in [2.45, 2.75) is 75.1 Å². The Labute approximate surface area is 201 Å². The number of nitrogens with zero attached hydrogens (tertiary/aromatic N) is 2. The molecule has 0 unspecified atom stereocenters. The lowest BCUT2D eigenvalue weighted by atomic mass is 9.75. The molecular formula is C24H34N4O5S. The molecule has 2 N–H and O–H groups in total. The summed E-state index contributed by atoms with van der Waals surface area (Å²) in [6.45, 7) is 2.70. The third-order valence-electron chi connectivity index (χ3n) is 7.40. The van der Waals surface area contributed by atoms with Crippen molar-refractivity contribution in [2.24, 2.45) is 5.92 Å². The van der Waals surface area contributed by atoms with E-state index in [2.05, 4.69) is 17.6 Å². The molecule has 2 heterocycles. The molecule has 2 aliphatic heterocycles. The van der Waals surface area contributed by atoms with Crippen molar-refractivity contribution in [1.82, 2.24) is 14.5 Å². The summed E-state index contributed by atoms with van der Waals surface area (Å²) in [5.41, 5.74) is -0.587. The monoisotopic (exact) mass is 490 g/mol. The highest BCUT2D eigenvalue weighted by atomic mass is 32.2. The first-order valence-electron chi connectivity index (χ1n) is 12.3. The lowest BCUT2D eigenvalue weighted by Gasteiger charge is -2.34. The predicted octanol–water partition coefficient (Wildman–Crippen LogP) is 3.08. The second-order valence-corrected chi connectivity index (χ2v) is 11.6. The van der Waals surface area contributed by atoms with E-state index >= 15 is 0 Å². The van der Waals surface area contributed by atoms with Crippen LogP contribution in [0.25, 0.3) is 0 Å². The molecule has 1 aliphatic carbocycles. The summed E-state index contributed by atoms with van der Waals surface area (Å²) in [4.78, 5) is 39.3. The summed E-state index contributed by atoms with van der Waals surface area (Å²) < 4.78 is 27.6. The second-order valence-electron chi connectivity index (χ2n) is 9.65. The van der Waals surface area contributed by atoms with Gasteiger partial charge in [0.15, 0.2) is 0 Å². The number of imide groups is 1. The van der Waals surface area contributed by atoms with Crippen molar-refractivity contribution in [1.29, 1.82) is 0 Å². The molecule has 1 aromatic rings. The van der Waals surface area contributed by atoms with E-state index in [4.69, 9.17) is 0 Å². The Morgan fingerprint density at radius 3 is 2.44 bits per heavy atom. The molecule has 1 aromatic carbocycles. The highest BCUT2D eigenvalue weighted by Gasteiger charge is 2.52. The molecule has 0 bridgehead atoms. The molecule has 4 amide bonds. The maximum absolute atomic E-state index is 13.1. The molecule has 3 aliphatic rings.